The van der Waals surface area contributed by atoms with Crippen LogP contribution in [-0.4, -0.2) is 12.0 Å². The van der Waals surface area contributed by atoms with Crippen LogP contribution >= 0.6 is 34.8 Å². The summed E-state index contributed by atoms with van der Waals surface area (Å²) in [5.74, 6) is 0.427. The van der Waals surface area contributed by atoms with Gasteiger partial charge in [0.05, 0.1) is 6.26 Å². The Morgan fingerprint density at radius 3 is 2.32 bits per heavy atom. The normalized spacial score (nSPS) is 21.0. The minimum atomic E-state index is -4.70. The second kappa shape index (κ2) is 8.34. The molecule has 0 saturated heterocycles. The van der Waals surface area contributed by atoms with Crippen molar-refractivity contribution in [3.8, 4) is 0 Å². The molecule has 0 amide bonds. The topological polar surface area (TPSA) is 26.3 Å². The average Bonchev–Trinajstić information content (AvgIpc) is 3.43. The molecule has 1 atom stereocenters. The summed E-state index contributed by atoms with van der Waals surface area (Å²) in [5.41, 5.74) is -1.07. The van der Waals surface area contributed by atoms with Crippen LogP contribution in [0, 0.1) is 5.92 Å². The lowest BCUT2D eigenvalue weighted by atomic mass is 9.86. The van der Waals surface area contributed by atoms with Crippen molar-refractivity contribution in [2.24, 2.45) is 5.92 Å². The van der Waals surface area contributed by atoms with Crippen molar-refractivity contribution in [3.63, 3.8) is 0 Å². The minimum absolute atomic E-state index is 0.0938. The van der Waals surface area contributed by atoms with E-state index >= 15 is 0 Å². The van der Waals surface area contributed by atoms with Crippen LogP contribution in [0.4, 0.5) is 13.2 Å². The fourth-order valence-electron chi connectivity index (χ4n) is 3.80. The van der Waals surface area contributed by atoms with Gasteiger partial charge in [0, 0.05) is 39.4 Å². The monoisotopic (exact) mass is 488 g/mol. The maximum Gasteiger partial charge on any atom is 0.432 e. The Morgan fingerprint density at radius 2 is 1.74 bits per heavy atom. The van der Waals surface area contributed by atoms with E-state index in [-0.39, 0.29) is 27.3 Å². The highest BCUT2D eigenvalue weighted by Crippen LogP contribution is 2.53. The van der Waals surface area contributed by atoms with Gasteiger partial charge in [-0.05, 0) is 60.2 Å². The first-order valence-corrected chi connectivity index (χ1v) is 10.9. The summed E-state index contributed by atoms with van der Waals surface area (Å²) in [4.78, 5) is 11.9. The molecule has 4 rings (SSSR count). The van der Waals surface area contributed by atoms with Crippen LogP contribution in [0.15, 0.2) is 42.7 Å². The zero-order valence-electron chi connectivity index (χ0n) is 16.2. The van der Waals surface area contributed by atoms with Crippen LogP contribution in [0.5, 0.6) is 0 Å². The molecule has 1 saturated carbocycles. The van der Waals surface area contributed by atoms with Gasteiger partial charge in [-0.3, -0.25) is 4.79 Å². The van der Waals surface area contributed by atoms with E-state index in [9.17, 15) is 18.0 Å². The van der Waals surface area contributed by atoms with Crippen molar-refractivity contribution in [2.45, 2.75) is 43.9 Å². The lowest BCUT2D eigenvalue weighted by Crippen LogP contribution is -2.42. The second-order valence-corrected chi connectivity index (χ2v) is 9.25. The second-order valence-electron chi connectivity index (χ2n) is 7.97. The van der Waals surface area contributed by atoms with Crippen LogP contribution in [0.25, 0.3) is 5.57 Å². The molecule has 2 aromatic rings. The van der Waals surface area contributed by atoms with Crippen LogP contribution in [0.2, 0.25) is 15.1 Å². The fourth-order valence-corrected chi connectivity index (χ4v) is 4.60. The number of hydrogen-bond acceptors (Lipinski definition) is 2. The number of alkyl halides is 3. The number of ether oxygens (including phenoxy) is 1. The van der Waals surface area contributed by atoms with Crippen molar-refractivity contribution in [1.29, 1.82) is 0 Å². The molecule has 0 radical (unpaired) electrons. The van der Waals surface area contributed by atoms with Crippen molar-refractivity contribution in [3.05, 3.63) is 74.4 Å². The van der Waals surface area contributed by atoms with Crippen LogP contribution in [0.1, 0.15) is 42.4 Å². The molecule has 1 heterocycles. The quantitative estimate of drug-likeness (QED) is 0.414. The Hall–Kier alpha value is -1.69. The van der Waals surface area contributed by atoms with Gasteiger partial charge in [-0.25, -0.2) is 0 Å². The van der Waals surface area contributed by atoms with Crippen LogP contribution in [0.3, 0.4) is 0 Å². The maximum absolute atomic E-state index is 14.1. The number of benzene rings is 2. The summed E-state index contributed by atoms with van der Waals surface area (Å²) in [6, 6.07) is 8.87. The largest absolute Gasteiger partial charge is 0.480 e. The van der Waals surface area contributed by atoms with Gasteiger partial charge in [-0.1, -0.05) is 46.9 Å². The Bertz CT molecular complexity index is 1040. The molecule has 0 N–H and O–H groups in total. The highest BCUT2D eigenvalue weighted by Gasteiger charge is 2.60. The lowest BCUT2D eigenvalue weighted by Gasteiger charge is -2.32. The number of ketones is 1. The summed E-state index contributed by atoms with van der Waals surface area (Å²) in [5, 5.41) is 0.602. The van der Waals surface area contributed by atoms with Gasteiger partial charge in [0.1, 0.15) is 5.78 Å². The van der Waals surface area contributed by atoms with Crippen LogP contribution < -0.4 is 0 Å². The van der Waals surface area contributed by atoms with Crippen molar-refractivity contribution < 1.29 is 22.7 Å². The molecule has 1 aliphatic heterocycles. The predicted molar refractivity (Wildman–Crippen MR) is 115 cm³/mol. The summed E-state index contributed by atoms with van der Waals surface area (Å²) >= 11 is 18.3. The standard InChI is InChI=1S/C23H18Cl3F3O2/c24-18-8-17(9-19(25)10-18)22(23(27,28)29)11-16(12-31-22)15-4-1-13(20(26)7-15)5-6-21(30)14-2-3-14/h1,4,7-10,12,14H,2-3,5-6,11H2. The Labute approximate surface area is 192 Å². The zero-order valence-corrected chi connectivity index (χ0v) is 18.5. The van der Waals surface area contributed by atoms with Gasteiger partial charge in [0.25, 0.3) is 0 Å². The molecule has 164 valence electrons. The molecule has 8 heteroatoms. The highest BCUT2D eigenvalue weighted by atomic mass is 35.5. The molecular formula is C23H18Cl3F3O2. The molecular weight excluding hydrogens is 472 g/mol. The summed E-state index contributed by atoms with van der Waals surface area (Å²) in [6.07, 6.45) is -1.18. The SMILES string of the molecule is O=C(CCc1ccc(C2=COC(c3cc(Cl)cc(Cl)c3)(C(F)(F)F)C2)cc1Cl)C1CC1. The molecule has 2 nitrogen and oxygen atoms in total. The first-order valence-electron chi connectivity index (χ1n) is 9.81. The summed E-state index contributed by atoms with van der Waals surface area (Å²) in [6.45, 7) is 0. The minimum Gasteiger partial charge on any atom is -0.480 e. The predicted octanol–water partition coefficient (Wildman–Crippen LogP) is 7.78. The van der Waals surface area contributed by atoms with E-state index in [1.165, 1.54) is 18.2 Å². The first-order chi connectivity index (χ1) is 14.6. The molecule has 0 bridgehead atoms. The number of Topliss-reactive ketones (excluding diaryl/α,β-unsaturated/α-hetero) is 1. The van der Waals surface area contributed by atoms with E-state index < -0.39 is 18.2 Å². The van der Waals surface area contributed by atoms with E-state index in [4.69, 9.17) is 39.5 Å². The van der Waals surface area contributed by atoms with Crippen molar-refractivity contribution >= 4 is 46.2 Å². The number of rotatable bonds is 6. The molecule has 2 aromatic carbocycles. The molecule has 0 aromatic heterocycles. The van der Waals surface area contributed by atoms with E-state index in [2.05, 4.69) is 0 Å². The van der Waals surface area contributed by atoms with E-state index in [1.54, 1.807) is 18.2 Å². The number of halogens is 6. The Balaban J connectivity index is 1.57. The Kier molecular flexibility index (Phi) is 6.06. The maximum atomic E-state index is 14.1. The van der Waals surface area contributed by atoms with E-state index in [0.717, 1.165) is 24.7 Å². The molecule has 0 spiro atoms. The fraction of sp³-hybridized carbons (Fsp3) is 0.348. The summed E-state index contributed by atoms with van der Waals surface area (Å²) < 4.78 is 47.7. The van der Waals surface area contributed by atoms with Gasteiger partial charge >= 0.3 is 6.18 Å². The van der Waals surface area contributed by atoms with E-state index in [1.807, 2.05) is 0 Å². The van der Waals surface area contributed by atoms with Crippen molar-refractivity contribution in [2.75, 3.05) is 0 Å². The van der Waals surface area contributed by atoms with Gasteiger partial charge < -0.3 is 4.74 Å². The highest BCUT2D eigenvalue weighted by molar-refractivity contribution is 6.34. The number of carbonyl (C=O) groups is 1. The number of aryl methyl sites for hydroxylation is 1. The molecule has 1 aliphatic carbocycles. The third-order valence-corrected chi connectivity index (χ3v) is 6.51. The van der Waals surface area contributed by atoms with Gasteiger partial charge in [0.15, 0.2) is 0 Å². The first kappa shape index (κ1) is 22.5. The zero-order chi connectivity index (χ0) is 22.4. The van der Waals surface area contributed by atoms with E-state index in [0.29, 0.717) is 29.0 Å². The molecule has 1 unspecified atom stereocenters. The Morgan fingerprint density at radius 1 is 1.06 bits per heavy atom. The molecule has 2 aliphatic rings. The average molecular weight is 490 g/mol. The van der Waals surface area contributed by atoms with Gasteiger partial charge in [0.2, 0.25) is 5.60 Å². The summed E-state index contributed by atoms with van der Waals surface area (Å²) in [7, 11) is 0. The molecule has 31 heavy (non-hydrogen) atoms. The smallest absolute Gasteiger partial charge is 0.432 e. The van der Waals surface area contributed by atoms with Gasteiger partial charge in [-0.2, -0.15) is 13.2 Å². The number of carbonyl (C=O) groups excluding carboxylic acids is 1. The van der Waals surface area contributed by atoms with Gasteiger partial charge in [-0.15, -0.1) is 0 Å². The van der Waals surface area contributed by atoms with Crippen LogP contribution in [-0.2, 0) is 21.6 Å². The van der Waals surface area contributed by atoms with Crippen molar-refractivity contribution in [1.82, 2.24) is 0 Å². The third kappa shape index (κ3) is 4.59. The number of hydrogen-bond donors (Lipinski definition) is 0. The molecule has 1 fully saturated rings. The third-order valence-electron chi connectivity index (χ3n) is 5.73. The lowest BCUT2D eigenvalue weighted by molar-refractivity contribution is -0.260.